The quantitative estimate of drug-likeness (QED) is 0.814. The van der Waals surface area contributed by atoms with Crippen molar-refractivity contribution in [2.24, 2.45) is 0 Å². The summed E-state index contributed by atoms with van der Waals surface area (Å²) in [5, 5.41) is 0.367. The maximum absolute atomic E-state index is 12.9. The molecule has 1 aromatic carbocycles. The molecule has 1 N–H and O–H groups in total. The van der Waals surface area contributed by atoms with Crippen LogP contribution in [0.15, 0.2) is 23.1 Å². The molecule has 2 aromatic rings. The number of rotatable bonds is 3. The first-order valence-electron chi connectivity index (χ1n) is 9.01. The maximum Gasteiger partial charge on any atom is 0.263 e. The number of anilines is 2. The van der Waals surface area contributed by atoms with Crippen LogP contribution in [-0.2, 0) is 27.8 Å². The summed E-state index contributed by atoms with van der Waals surface area (Å²) in [5.41, 5.74) is 1.42. The number of aromatic nitrogens is 1. The predicted molar refractivity (Wildman–Crippen MR) is 108 cm³/mol. The van der Waals surface area contributed by atoms with E-state index in [1.54, 1.807) is 11.0 Å². The van der Waals surface area contributed by atoms with Crippen LogP contribution in [0.1, 0.15) is 24.4 Å². The fourth-order valence-corrected chi connectivity index (χ4v) is 5.77. The number of amides is 1. The van der Waals surface area contributed by atoms with E-state index in [-0.39, 0.29) is 16.9 Å². The molecule has 1 aromatic heterocycles. The summed E-state index contributed by atoms with van der Waals surface area (Å²) in [5.74, 6) is 0.344. The zero-order chi connectivity index (χ0) is 20.1. The number of ether oxygens (including phenoxy) is 1. The molecule has 4 rings (SSSR count). The number of nitrogens with one attached hydrogen (secondary N) is 1. The number of nitrogens with zero attached hydrogens (tertiary/aromatic N) is 3. The van der Waals surface area contributed by atoms with Crippen LogP contribution < -0.4 is 14.4 Å². The lowest BCUT2D eigenvalue weighted by molar-refractivity contribution is -0.117. The van der Waals surface area contributed by atoms with Crippen LogP contribution in [0.25, 0.3) is 0 Å². The summed E-state index contributed by atoms with van der Waals surface area (Å²) in [7, 11) is -1.80. The van der Waals surface area contributed by atoms with Gasteiger partial charge in [-0.3, -0.25) is 9.52 Å². The highest BCUT2D eigenvalue weighted by Gasteiger charge is 2.28. The largest absolute Gasteiger partial charge is 0.487 e. The van der Waals surface area contributed by atoms with Gasteiger partial charge in [-0.25, -0.2) is 13.4 Å². The fraction of sp³-hybridized carbons (Fsp3) is 0.444. The monoisotopic (exact) mass is 422 g/mol. The Morgan fingerprint density at radius 3 is 2.93 bits per heavy atom. The lowest BCUT2D eigenvalue weighted by Gasteiger charge is -2.33. The molecular weight excluding hydrogens is 400 g/mol. The first-order valence-corrected chi connectivity index (χ1v) is 11.3. The smallest absolute Gasteiger partial charge is 0.263 e. The van der Waals surface area contributed by atoms with Crippen molar-refractivity contribution in [1.82, 2.24) is 9.88 Å². The molecule has 0 fully saturated rings. The fourth-order valence-electron chi connectivity index (χ4n) is 3.42. The number of thiazole rings is 1. The van der Waals surface area contributed by atoms with Gasteiger partial charge >= 0.3 is 0 Å². The van der Waals surface area contributed by atoms with Gasteiger partial charge in [0.15, 0.2) is 5.13 Å². The van der Waals surface area contributed by atoms with Crippen LogP contribution in [0.2, 0.25) is 0 Å². The Kier molecular flexibility index (Phi) is 4.80. The van der Waals surface area contributed by atoms with Gasteiger partial charge in [0, 0.05) is 31.3 Å². The van der Waals surface area contributed by atoms with Crippen LogP contribution in [0.5, 0.6) is 5.75 Å². The average Bonchev–Trinajstić information content (AvgIpc) is 3.00. The Morgan fingerprint density at radius 2 is 2.18 bits per heavy atom. The Hall–Kier alpha value is -2.17. The van der Waals surface area contributed by atoms with Crippen molar-refractivity contribution >= 4 is 38.1 Å². The number of carbonyl (C=O) groups is 1. The van der Waals surface area contributed by atoms with Gasteiger partial charge in [0.25, 0.3) is 10.0 Å². The van der Waals surface area contributed by atoms with Gasteiger partial charge in [0.1, 0.15) is 11.9 Å². The standard InChI is InChI=1S/C18H22N4O4S2/c1-11-9-22(12(2)23)15-8-13(4-5-16(15)26-11)28(24,25)20-18-19-14-6-7-21(3)10-17(14)27-18/h4-5,8,11H,6-7,9-10H2,1-3H3,(H,19,20). The first kappa shape index (κ1) is 19.2. The molecule has 2 aliphatic heterocycles. The molecule has 8 nitrogen and oxygen atoms in total. The van der Waals surface area contributed by atoms with E-state index in [1.807, 2.05) is 14.0 Å². The highest BCUT2D eigenvalue weighted by Crippen LogP contribution is 2.36. The van der Waals surface area contributed by atoms with E-state index in [0.717, 1.165) is 30.1 Å². The molecule has 10 heteroatoms. The number of likely N-dealkylation sites (N-methyl/N-ethyl adjacent to an activating group) is 1. The second-order valence-electron chi connectivity index (χ2n) is 7.17. The molecule has 150 valence electrons. The summed E-state index contributed by atoms with van der Waals surface area (Å²) in [6, 6.07) is 4.56. The van der Waals surface area contributed by atoms with Gasteiger partial charge in [-0.2, -0.15) is 0 Å². The minimum Gasteiger partial charge on any atom is -0.487 e. The lowest BCUT2D eigenvalue weighted by Crippen LogP contribution is -2.41. The van der Waals surface area contributed by atoms with E-state index in [1.165, 1.54) is 30.4 Å². The second kappa shape index (κ2) is 7.02. The number of benzene rings is 1. The van der Waals surface area contributed by atoms with Gasteiger partial charge in [0.2, 0.25) is 5.91 Å². The van der Waals surface area contributed by atoms with Crippen LogP contribution in [0, 0.1) is 0 Å². The third kappa shape index (κ3) is 3.59. The maximum atomic E-state index is 12.9. The van der Waals surface area contributed by atoms with Crippen molar-refractivity contribution < 1.29 is 17.9 Å². The molecule has 0 aliphatic carbocycles. The van der Waals surface area contributed by atoms with E-state index in [9.17, 15) is 13.2 Å². The van der Waals surface area contributed by atoms with E-state index in [4.69, 9.17) is 4.74 Å². The molecule has 3 heterocycles. The van der Waals surface area contributed by atoms with Gasteiger partial charge in [-0.1, -0.05) is 11.3 Å². The third-order valence-corrected chi connectivity index (χ3v) is 7.29. The summed E-state index contributed by atoms with van der Waals surface area (Å²) >= 11 is 1.36. The second-order valence-corrected chi connectivity index (χ2v) is 9.94. The van der Waals surface area contributed by atoms with Crippen molar-refractivity contribution in [2.45, 2.75) is 37.8 Å². The minimum atomic E-state index is -3.83. The highest BCUT2D eigenvalue weighted by molar-refractivity contribution is 7.93. The molecule has 28 heavy (non-hydrogen) atoms. The van der Waals surface area contributed by atoms with Gasteiger partial charge in [-0.15, -0.1) is 0 Å². The Labute approximate surface area is 168 Å². The van der Waals surface area contributed by atoms with Crippen molar-refractivity contribution in [1.29, 1.82) is 0 Å². The topological polar surface area (TPSA) is 91.8 Å². The molecule has 1 amide bonds. The summed E-state index contributed by atoms with van der Waals surface area (Å²) in [6.45, 7) is 5.39. The number of carbonyl (C=O) groups excluding carboxylic acids is 1. The summed E-state index contributed by atoms with van der Waals surface area (Å²) in [4.78, 5) is 21.3. The third-order valence-electron chi connectivity index (χ3n) is 4.82. The zero-order valence-corrected chi connectivity index (χ0v) is 17.6. The van der Waals surface area contributed by atoms with Crippen LogP contribution in [0.3, 0.4) is 0 Å². The van der Waals surface area contributed by atoms with Crippen molar-refractivity contribution in [3.63, 3.8) is 0 Å². The van der Waals surface area contributed by atoms with E-state index >= 15 is 0 Å². The lowest BCUT2D eigenvalue weighted by atomic mass is 10.2. The molecule has 1 atom stereocenters. The number of fused-ring (bicyclic) bond motifs is 2. The van der Waals surface area contributed by atoms with E-state index < -0.39 is 10.0 Å². The Balaban J connectivity index is 1.63. The van der Waals surface area contributed by atoms with Crippen molar-refractivity contribution in [3.05, 3.63) is 28.8 Å². The van der Waals surface area contributed by atoms with E-state index in [0.29, 0.717) is 23.1 Å². The number of hydrogen-bond acceptors (Lipinski definition) is 7. The first-order chi connectivity index (χ1) is 13.2. The molecule has 0 saturated heterocycles. The normalized spacial score (nSPS) is 19.5. The summed E-state index contributed by atoms with van der Waals surface area (Å²) in [6.07, 6.45) is 0.656. The molecule has 0 spiro atoms. The minimum absolute atomic E-state index is 0.0703. The average molecular weight is 423 g/mol. The van der Waals surface area contributed by atoms with Gasteiger partial charge in [0.05, 0.1) is 22.8 Å². The van der Waals surface area contributed by atoms with Crippen LogP contribution in [-0.4, -0.2) is 50.5 Å². The van der Waals surface area contributed by atoms with Gasteiger partial charge < -0.3 is 14.5 Å². The molecular formula is C18H22N4O4S2. The Bertz CT molecular complexity index is 1030. The number of sulfonamides is 1. The molecule has 0 saturated carbocycles. The van der Waals surface area contributed by atoms with Crippen molar-refractivity contribution in [2.75, 3.05) is 29.8 Å². The Morgan fingerprint density at radius 1 is 1.39 bits per heavy atom. The SMILES string of the molecule is CC(=O)N1CC(C)Oc2ccc(S(=O)(=O)Nc3nc4c(s3)CN(C)CC4)cc21. The van der Waals surface area contributed by atoms with Gasteiger partial charge in [-0.05, 0) is 32.2 Å². The van der Waals surface area contributed by atoms with E-state index in [2.05, 4.69) is 14.6 Å². The molecule has 2 aliphatic rings. The predicted octanol–water partition coefficient (Wildman–Crippen LogP) is 2.07. The number of hydrogen-bond donors (Lipinski definition) is 1. The highest BCUT2D eigenvalue weighted by atomic mass is 32.2. The zero-order valence-electron chi connectivity index (χ0n) is 15.9. The molecule has 1 unspecified atom stereocenters. The van der Waals surface area contributed by atoms with Crippen LogP contribution in [0.4, 0.5) is 10.8 Å². The van der Waals surface area contributed by atoms with Crippen molar-refractivity contribution in [3.8, 4) is 5.75 Å². The van der Waals surface area contributed by atoms with Crippen LogP contribution >= 0.6 is 11.3 Å². The molecule has 0 radical (unpaired) electrons. The summed E-state index contributed by atoms with van der Waals surface area (Å²) < 4.78 is 34.1. The molecule has 0 bridgehead atoms.